The van der Waals surface area contributed by atoms with Crippen molar-refractivity contribution in [3.8, 4) is 5.88 Å². The van der Waals surface area contributed by atoms with Gasteiger partial charge in [0.1, 0.15) is 11.3 Å². The summed E-state index contributed by atoms with van der Waals surface area (Å²) in [6.45, 7) is 1.66. The third-order valence-electron chi connectivity index (χ3n) is 2.38. The van der Waals surface area contributed by atoms with Crippen LogP contribution in [0.1, 0.15) is 21.7 Å². The van der Waals surface area contributed by atoms with Crippen LogP contribution >= 0.6 is 11.6 Å². The second-order valence-corrected chi connectivity index (χ2v) is 4.03. The number of carbonyl (C=O) groups excluding carboxylic acids is 1. The van der Waals surface area contributed by atoms with E-state index < -0.39 is 0 Å². The van der Waals surface area contributed by atoms with Crippen LogP contribution in [0.3, 0.4) is 0 Å². The largest absolute Gasteiger partial charge is 0.493 e. The van der Waals surface area contributed by atoms with Crippen molar-refractivity contribution in [2.45, 2.75) is 6.92 Å². The van der Waals surface area contributed by atoms with E-state index in [-0.39, 0.29) is 22.9 Å². The topological polar surface area (TPSA) is 68.0 Å². The molecule has 2 rings (SSSR count). The average molecular weight is 252 g/mol. The second kappa shape index (κ2) is 4.18. The number of rotatable bonds is 2. The van der Waals surface area contributed by atoms with Gasteiger partial charge in [0.15, 0.2) is 0 Å². The van der Waals surface area contributed by atoms with Gasteiger partial charge in [-0.25, -0.2) is 4.68 Å². The molecule has 88 valence electrons. The van der Waals surface area contributed by atoms with Crippen LogP contribution in [0, 0.1) is 6.92 Å². The molecular weight excluding hydrogens is 242 g/mol. The zero-order chi connectivity index (χ0) is 12.6. The molecule has 0 saturated carbocycles. The quantitative estimate of drug-likeness (QED) is 0.825. The Balaban J connectivity index is 2.47. The fraction of sp³-hybridized carbons (Fsp3) is 0.182. The zero-order valence-corrected chi connectivity index (χ0v) is 10.1. The molecule has 1 N–H and O–H groups in total. The molecule has 0 fully saturated rings. The smallest absolute Gasteiger partial charge is 0.220 e. The van der Waals surface area contributed by atoms with Gasteiger partial charge in [-0.3, -0.25) is 9.78 Å². The number of aryl methyl sites for hydroxylation is 2. The predicted octanol–water partition coefficient (Wildman–Crippen LogP) is 1.71. The normalized spacial score (nSPS) is 10.5. The molecule has 0 aliphatic rings. The van der Waals surface area contributed by atoms with Crippen LogP contribution in [0.15, 0.2) is 18.3 Å². The summed E-state index contributed by atoms with van der Waals surface area (Å²) in [6.07, 6.45) is 1.39. The molecule has 0 aliphatic heterocycles. The van der Waals surface area contributed by atoms with Crippen molar-refractivity contribution in [2.24, 2.45) is 7.05 Å². The third kappa shape index (κ3) is 2.01. The summed E-state index contributed by atoms with van der Waals surface area (Å²) in [7, 11) is 1.56. The lowest BCUT2D eigenvalue weighted by atomic mass is 10.1. The molecule has 5 nitrogen and oxygen atoms in total. The van der Waals surface area contributed by atoms with Crippen LogP contribution in [-0.2, 0) is 7.05 Å². The van der Waals surface area contributed by atoms with Gasteiger partial charge in [-0.05, 0) is 19.1 Å². The number of pyridine rings is 1. The van der Waals surface area contributed by atoms with Gasteiger partial charge in [0, 0.05) is 13.2 Å². The molecule has 2 aromatic rings. The first kappa shape index (κ1) is 11.6. The number of aromatic hydroxyl groups is 1. The molecule has 0 unspecified atom stereocenters. The molecular formula is C11H10ClN3O2. The van der Waals surface area contributed by atoms with Crippen molar-refractivity contribution >= 4 is 17.4 Å². The van der Waals surface area contributed by atoms with Gasteiger partial charge >= 0.3 is 0 Å². The van der Waals surface area contributed by atoms with E-state index >= 15 is 0 Å². The van der Waals surface area contributed by atoms with E-state index in [9.17, 15) is 9.90 Å². The summed E-state index contributed by atoms with van der Waals surface area (Å²) in [4.78, 5) is 16.0. The van der Waals surface area contributed by atoms with Crippen molar-refractivity contribution in [2.75, 3.05) is 0 Å². The first-order valence-electron chi connectivity index (χ1n) is 4.89. The fourth-order valence-corrected chi connectivity index (χ4v) is 1.66. The van der Waals surface area contributed by atoms with Gasteiger partial charge in [-0.2, -0.15) is 5.10 Å². The lowest BCUT2D eigenvalue weighted by molar-refractivity contribution is 0.103. The second-order valence-electron chi connectivity index (χ2n) is 3.60. The maximum atomic E-state index is 12.1. The first-order chi connectivity index (χ1) is 8.00. The highest BCUT2D eigenvalue weighted by Gasteiger charge is 2.21. The summed E-state index contributed by atoms with van der Waals surface area (Å²) < 4.78 is 1.25. The van der Waals surface area contributed by atoms with Crippen molar-refractivity contribution in [3.05, 3.63) is 40.3 Å². The van der Waals surface area contributed by atoms with Gasteiger partial charge in [0.05, 0.1) is 10.7 Å². The third-order valence-corrected chi connectivity index (χ3v) is 2.60. The maximum absolute atomic E-state index is 12.1. The van der Waals surface area contributed by atoms with Crippen LogP contribution in [-0.4, -0.2) is 25.7 Å². The van der Waals surface area contributed by atoms with Gasteiger partial charge in [0.2, 0.25) is 11.7 Å². The number of halogens is 1. The SMILES string of the molecule is Cc1nn(C)c(O)c1C(=O)c1ccc(Cl)cn1. The van der Waals surface area contributed by atoms with Gasteiger partial charge in [-0.15, -0.1) is 0 Å². The molecule has 2 heterocycles. The number of hydrogen-bond acceptors (Lipinski definition) is 4. The van der Waals surface area contributed by atoms with Gasteiger partial charge in [0.25, 0.3) is 0 Å². The predicted molar refractivity (Wildman–Crippen MR) is 62.3 cm³/mol. The Labute approximate surface area is 103 Å². The summed E-state index contributed by atoms with van der Waals surface area (Å²) in [5, 5.41) is 14.1. The van der Waals surface area contributed by atoms with Crippen LogP contribution < -0.4 is 0 Å². The highest BCUT2D eigenvalue weighted by molar-refractivity contribution is 6.30. The van der Waals surface area contributed by atoms with Crippen LogP contribution in [0.25, 0.3) is 0 Å². The molecule has 0 aliphatic carbocycles. The number of aromatic nitrogens is 3. The Morgan fingerprint density at radius 1 is 1.47 bits per heavy atom. The molecule has 0 radical (unpaired) electrons. The van der Waals surface area contributed by atoms with Crippen molar-refractivity contribution in [1.82, 2.24) is 14.8 Å². The number of hydrogen-bond donors (Lipinski definition) is 1. The number of carbonyl (C=O) groups is 1. The Bertz CT molecular complexity index is 575. The summed E-state index contributed by atoms with van der Waals surface area (Å²) in [5.74, 6) is -0.533. The van der Waals surface area contributed by atoms with Crippen molar-refractivity contribution < 1.29 is 9.90 Å². The zero-order valence-electron chi connectivity index (χ0n) is 9.31. The molecule has 0 spiro atoms. The molecule has 0 saturated heterocycles. The van der Waals surface area contributed by atoms with Crippen LogP contribution in [0.5, 0.6) is 5.88 Å². The lowest BCUT2D eigenvalue weighted by Gasteiger charge is -2.00. The van der Waals surface area contributed by atoms with Crippen LogP contribution in [0.4, 0.5) is 0 Å². The summed E-state index contributed by atoms with van der Waals surface area (Å²) >= 11 is 5.69. The molecule has 0 bridgehead atoms. The van der Waals surface area contributed by atoms with E-state index in [0.717, 1.165) is 0 Å². The Morgan fingerprint density at radius 3 is 2.65 bits per heavy atom. The molecule has 6 heteroatoms. The minimum Gasteiger partial charge on any atom is -0.493 e. The van der Waals surface area contributed by atoms with E-state index in [4.69, 9.17) is 11.6 Å². The molecule has 0 atom stereocenters. The first-order valence-corrected chi connectivity index (χ1v) is 5.27. The van der Waals surface area contributed by atoms with E-state index in [2.05, 4.69) is 10.1 Å². The Kier molecular flexibility index (Phi) is 2.85. The average Bonchev–Trinajstić information content (AvgIpc) is 2.53. The lowest BCUT2D eigenvalue weighted by Crippen LogP contribution is -2.04. The molecule has 0 amide bonds. The Morgan fingerprint density at radius 2 is 2.18 bits per heavy atom. The molecule has 17 heavy (non-hydrogen) atoms. The van der Waals surface area contributed by atoms with Crippen molar-refractivity contribution in [3.63, 3.8) is 0 Å². The van der Waals surface area contributed by atoms with Gasteiger partial charge < -0.3 is 5.11 Å². The molecule has 2 aromatic heterocycles. The highest BCUT2D eigenvalue weighted by atomic mass is 35.5. The Hall–Kier alpha value is -1.88. The number of ketones is 1. The van der Waals surface area contributed by atoms with Crippen LogP contribution in [0.2, 0.25) is 5.02 Å². The van der Waals surface area contributed by atoms with E-state index in [1.165, 1.54) is 16.9 Å². The van der Waals surface area contributed by atoms with E-state index in [0.29, 0.717) is 10.7 Å². The highest BCUT2D eigenvalue weighted by Crippen LogP contribution is 2.22. The summed E-state index contributed by atoms with van der Waals surface area (Å²) in [5.41, 5.74) is 0.856. The summed E-state index contributed by atoms with van der Waals surface area (Å²) in [6, 6.07) is 3.08. The minimum atomic E-state index is -0.371. The van der Waals surface area contributed by atoms with E-state index in [1.807, 2.05) is 0 Å². The molecule has 0 aromatic carbocycles. The standard InChI is InChI=1S/C11H10ClN3O2/c1-6-9(11(17)15(2)14-6)10(16)8-4-3-7(12)5-13-8/h3-5,17H,1-2H3. The van der Waals surface area contributed by atoms with Gasteiger partial charge in [-0.1, -0.05) is 11.6 Å². The fourth-order valence-electron chi connectivity index (χ4n) is 1.55. The van der Waals surface area contributed by atoms with Crippen molar-refractivity contribution in [1.29, 1.82) is 0 Å². The maximum Gasteiger partial charge on any atom is 0.220 e. The number of nitrogens with zero attached hydrogens (tertiary/aromatic N) is 3. The van der Waals surface area contributed by atoms with E-state index in [1.54, 1.807) is 20.0 Å². The monoisotopic (exact) mass is 251 g/mol. The minimum absolute atomic E-state index is 0.163.